The fourth-order valence-electron chi connectivity index (χ4n) is 2.97. The van der Waals surface area contributed by atoms with Crippen molar-refractivity contribution in [3.05, 3.63) is 107 Å². The molecule has 0 aliphatic heterocycles. The molecule has 150 valence electrons. The van der Waals surface area contributed by atoms with Crippen LogP contribution in [0.15, 0.2) is 84.2 Å². The fraction of sp³-hybridized carbons (Fsp3) is 0.136. The largest absolute Gasteiger partial charge is 0.497 e. The van der Waals surface area contributed by atoms with Gasteiger partial charge in [0.15, 0.2) is 11.5 Å². The van der Waals surface area contributed by atoms with Crippen molar-refractivity contribution in [2.45, 2.75) is 13.0 Å². The minimum Gasteiger partial charge on any atom is -0.497 e. The maximum Gasteiger partial charge on any atom is 0.252 e. The van der Waals surface area contributed by atoms with Gasteiger partial charge in [0.1, 0.15) is 5.75 Å². The molecule has 0 N–H and O–H groups in total. The van der Waals surface area contributed by atoms with E-state index >= 15 is 0 Å². The second kappa shape index (κ2) is 8.95. The van der Waals surface area contributed by atoms with Crippen LogP contribution in [0.2, 0.25) is 0 Å². The first kappa shape index (κ1) is 19.3. The number of hydrogen-bond donors (Lipinski definition) is 0. The molecule has 0 saturated carbocycles. The lowest BCUT2D eigenvalue weighted by Crippen LogP contribution is -2.17. The maximum absolute atomic E-state index is 12.7. The summed E-state index contributed by atoms with van der Waals surface area (Å²) in [5.41, 5.74) is 2.38. The van der Waals surface area contributed by atoms with Gasteiger partial charge in [0.25, 0.3) is 5.56 Å². The Balaban J connectivity index is 1.65. The molecule has 0 spiro atoms. The highest BCUT2D eigenvalue weighted by molar-refractivity contribution is 5.35. The lowest BCUT2D eigenvalue weighted by molar-refractivity contribution is 0.414. The van der Waals surface area contributed by atoms with Crippen LogP contribution in [-0.2, 0) is 13.0 Å². The molecular formula is C22H20N6O2. The number of methoxy groups -OCH3 is 1. The SMILES string of the molecule is COc1ccc(Cn2cncccc(Cc3nnc4cccnn34)ccc2=O)cc1. The summed E-state index contributed by atoms with van der Waals surface area (Å²) >= 11 is 0. The van der Waals surface area contributed by atoms with E-state index in [9.17, 15) is 4.79 Å². The number of hydrogen-bond acceptors (Lipinski definition) is 6. The van der Waals surface area contributed by atoms with Crippen molar-refractivity contribution in [3.8, 4) is 5.75 Å². The van der Waals surface area contributed by atoms with Crippen LogP contribution in [0.5, 0.6) is 5.75 Å². The van der Waals surface area contributed by atoms with Crippen LogP contribution < -0.4 is 10.3 Å². The molecule has 0 aliphatic carbocycles. The van der Waals surface area contributed by atoms with Crippen LogP contribution in [-0.4, -0.2) is 36.5 Å². The average molecular weight is 400 g/mol. The number of fused-ring (bicyclic) bond motifs is 1. The molecule has 30 heavy (non-hydrogen) atoms. The van der Waals surface area contributed by atoms with Gasteiger partial charge in [-0.15, -0.1) is 10.2 Å². The van der Waals surface area contributed by atoms with Crippen LogP contribution in [0.4, 0.5) is 0 Å². The molecule has 4 aromatic rings. The molecule has 4 rings (SSSR count). The third kappa shape index (κ3) is 4.49. The molecule has 0 fully saturated rings. The third-order valence-corrected chi connectivity index (χ3v) is 4.53. The summed E-state index contributed by atoms with van der Waals surface area (Å²) in [6.07, 6.45) is 5.34. The molecule has 0 saturated heterocycles. The van der Waals surface area contributed by atoms with E-state index in [1.165, 1.54) is 12.4 Å². The molecule has 0 unspecified atom stereocenters. The molecule has 8 nitrogen and oxygen atoms in total. The standard InChI is InChI=1S/C22H20N6O2/c1-30-19-9-6-18(7-10-19)15-27-16-23-12-2-4-17(8-11-22(27)29)14-21-26-25-20-5-3-13-24-28(20)21/h2-13,16H,14-15H2,1H3. The maximum atomic E-state index is 12.7. The van der Waals surface area contributed by atoms with Crippen LogP contribution in [0.1, 0.15) is 17.0 Å². The molecule has 0 aliphatic rings. The Hall–Kier alpha value is -4.07. The normalized spacial score (nSPS) is 10.6. The summed E-state index contributed by atoms with van der Waals surface area (Å²) in [5.74, 6) is 1.46. The Labute approximate surface area is 172 Å². The van der Waals surface area contributed by atoms with E-state index in [0.29, 0.717) is 24.4 Å². The second-order valence-electron chi connectivity index (χ2n) is 6.58. The summed E-state index contributed by atoms with van der Waals surface area (Å²) in [4.78, 5) is 17.0. The zero-order valence-electron chi connectivity index (χ0n) is 16.4. The van der Waals surface area contributed by atoms with E-state index < -0.39 is 0 Å². The highest BCUT2D eigenvalue weighted by Gasteiger charge is 2.06. The van der Waals surface area contributed by atoms with E-state index in [2.05, 4.69) is 20.3 Å². The Bertz CT molecular complexity index is 1260. The summed E-state index contributed by atoms with van der Waals surface area (Å²) in [5, 5.41) is 12.6. The molecule has 0 radical (unpaired) electrons. The van der Waals surface area contributed by atoms with Gasteiger partial charge >= 0.3 is 0 Å². The Kier molecular flexibility index (Phi) is 5.75. The Morgan fingerprint density at radius 3 is 2.53 bits per heavy atom. The number of benzene rings is 1. The van der Waals surface area contributed by atoms with Crippen molar-refractivity contribution >= 4 is 5.65 Å². The van der Waals surface area contributed by atoms with Gasteiger partial charge in [0.05, 0.1) is 20.0 Å². The molecule has 0 atom stereocenters. The second-order valence-corrected chi connectivity index (χ2v) is 6.58. The Morgan fingerprint density at radius 2 is 1.70 bits per heavy atom. The number of aromatic nitrogens is 6. The van der Waals surface area contributed by atoms with Crippen molar-refractivity contribution in [3.63, 3.8) is 0 Å². The molecule has 0 amide bonds. The van der Waals surface area contributed by atoms with Crippen LogP contribution in [0, 0.1) is 0 Å². The molecule has 1 aromatic carbocycles. The first-order valence-electron chi connectivity index (χ1n) is 9.39. The van der Waals surface area contributed by atoms with E-state index in [1.807, 2.05) is 48.5 Å². The van der Waals surface area contributed by atoms with Gasteiger partial charge in [-0.05, 0) is 41.5 Å². The summed E-state index contributed by atoms with van der Waals surface area (Å²) < 4.78 is 8.42. The van der Waals surface area contributed by atoms with Gasteiger partial charge in [-0.2, -0.15) is 9.61 Å². The highest BCUT2D eigenvalue weighted by Crippen LogP contribution is 2.11. The average Bonchev–Trinajstić information content (AvgIpc) is 3.19. The summed E-state index contributed by atoms with van der Waals surface area (Å²) in [7, 11) is 1.62. The van der Waals surface area contributed by atoms with E-state index in [0.717, 1.165) is 16.9 Å². The number of ether oxygens (including phenoxy) is 1. The first-order valence-corrected chi connectivity index (χ1v) is 9.39. The van der Waals surface area contributed by atoms with Crippen molar-refractivity contribution in [2.75, 3.05) is 7.11 Å². The smallest absolute Gasteiger partial charge is 0.252 e. The minimum atomic E-state index is -0.167. The molecule has 8 heteroatoms. The van der Waals surface area contributed by atoms with Crippen molar-refractivity contribution in [2.24, 2.45) is 0 Å². The third-order valence-electron chi connectivity index (χ3n) is 4.53. The van der Waals surface area contributed by atoms with Crippen LogP contribution in [0.3, 0.4) is 0 Å². The van der Waals surface area contributed by atoms with E-state index in [-0.39, 0.29) is 5.56 Å². The van der Waals surface area contributed by atoms with Crippen LogP contribution >= 0.6 is 0 Å². The Morgan fingerprint density at radius 1 is 0.900 bits per heavy atom. The van der Waals surface area contributed by atoms with Crippen molar-refractivity contribution in [1.29, 1.82) is 0 Å². The lowest BCUT2D eigenvalue weighted by Gasteiger charge is -2.05. The predicted octanol–water partition coefficient (Wildman–Crippen LogP) is 2.45. The number of nitrogens with zero attached hydrogens (tertiary/aromatic N) is 6. The molecule has 3 aromatic heterocycles. The first-order chi connectivity index (χ1) is 14.7. The van der Waals surface area contributed by atoms with Gasteiger partial charge in [-0.3, -0.25) is 9.36 Å². The van der Waals surface area contributed by atoms with E-state index in [4.69, 9.17) is 4.74 Å². The molecular weight excluding hydrogens is 380 g/mol. The topological polar surface area (TPSA) is 87.2 Å². The molecule has 3 heterocycles. The van der Waals surface area contributed by atoms with Gasteiger partial charge < -0.3 is 4.74 Å². The summed E-state index contributed by atoms with van der Waals surface area (Å²) in [6, 6.07) is 18.3. The lowest BCUT2D eigenvalue weighted by atomic mass is 10.2. The van der Waals surface area contributed by atoms with Gasteiger partial charge in [-0.25, -0.2) is 4.98 Å². The quantitative estimate of drug-likeness (QED) is 0.511. The van der Waals surface area contributed by atoms with Crippen molar-refractivity contribution < 1.29 is 4.74 Å². The van der Waals surface area contributed by atoms with Gasteiger partial charge in [-0.1, -0.05) is 24.3 Å². The van der Waals surface area contributed by atoms with Crippen LogP contribution in [0.25, 0.3) is 5.65 Å². The minimum absolute atomic E-state index is 0.167. The zero-order chi connectivity index (χ0) is 20.8. The summed E-state index contributed by atoms with van der Waals surface area (Å²) in [6.45, 7) is 0.405. The van der Waals surface area contributed by atoms with E-state index in [1.54, 1.807) is 34.7 Å². The molecule has 0 bridgehead atoms. The number of rotatable bonds is 5. The highest BCUT2D eigenvalue weighted by atomic mass is 16.5. The zero-order valence-corrected chi connectivity index (χ0v) is 16.4. The predicted molar refractivity (Wildman–Crippen MR) is 112 cm³/mol. The van der Waals surface area contributed by atoms with Crippen molar-refractivity contribution in [1.82, 2.24) is 29.4 Å². The van der Waals surface area contributed by atoms with Gasteiger partial charge in [0.2, 0.25) is 0 Å². The van der Waals surface area contributed by atoms with Gasteiger partial charge in [0, 0.05) is 24.9 Å². The fourth-order valence-corrected chi connectivity index (χ4v) is 2.97. The monoisotopic (exact) mass is 400 g/mol.